The fourth-order valence-electron chi connectivity index (χ4n) is 4.20. The van der Waals surface area contributed by atoms with Crippen LogP contribution in [0.5, 0.6) is 0 Å². The zero-order chi connectivity index (χ0) is 18.4. The van der Waals surface area contributed by atoms with E-state index in [0.29, 0.717) is 6.04 Å². The van der Waals surface area contributed by atoms with E-state index in [0.717, 1.165) is 0 Å². The Bertz CT molecular complexity index is 776. The Morgan fingerprint density at radius 1 is 0.519 bits per heavy atom. The first-order valence-electron chi connectivity index (χ1n) is 10.2. The average molecular weight is 373 g/mol. The van der Waals surface area contributed by atoms with Crippen LogP contribution >= 0.6 is 7.05 Å². The molecular weight excluding hydrogens is 345 g/mol. The Morgan fingerprint density at radius 2 is 0.889 bits per heavy atom. The van der Waals surface area contributed by atoms with Crippen molar-refractivity contribution in [3.8, 4) is 0 Å². The second kappa shape index (κ2) is 8.72. The van der Waals surface area contributed by atoms with Gasteiger partial charge in [0.2, 0.25) is 0 Å². The van der Waals surface area contributed by atoms with Crippen LogP contribution < -0.4 is 15.9 Å². The molecule has 0 aromatic heterocycles. The Kier molecular flexibility index (Phi) is 5.90. The summed E-state index contributed by atoms with van der Waals surface area (Å²) in [5.41, 5.74) is 0. The average Bonchev–Trinajstić information content (AvgIpc) is 3.02. The molecular formula is C25H28NP. The molecule has 0 aliphatic heterocycles. The molecule has 0 spiro atoms. The molecule has 0 saturated heterocycles. The van der Waals surface area contributed by atoms with Crippen molar-refractivity contribution in [3.05, 3.63) is 91.0 Å². The van der Waals surface area contributed by atoms with E-state index in [4.69, 9.17) is 4.74 Å². The lowest BCUT2D eigenvalue weighted by atomic mass is 10.1. The third-order valence-corrected chi connectivity index (χ3v) is 9.36. The molecule has 2 heteroatoms. The van der Waals surface area contributed by atoms with Gasteiger partial charge in [-0.1, -0.05) is 117 Å². The SMILES string of the molecule is c1ccc(P(=NC2CCCCCC2)(c2ccccc2)c2ccccc2)cc1. The maximum Gasteiger partial charge on any atom is 0.0551 e. The number of nitrogens with zero attached hydrogens (tertiary/aromatic N) is 1. The molecule has 0 radical (unpaired) electrons. The molecule has 0 unspecified atom stereocenters. The number of hydrogen-bond donors (Lipinski definition) is 0. The van der Waals surface area contributed by atoms with Crippen LogP contribution in [0.1, 0.15) is 38.5 Å². The number of rotatable bonds is 4. The molecule has 3 aromatic rings. The highest BCUT2D eigenvalue weighted by Gasteiger charge is 2.28. The van der Waals surface area contributed by atoms with Gasteiger partial charge >= 0.3 is 0 Å². The van der Waals surface area contributed by atoms with Crippen molar-refractivity contribution in [2.24, 2.45) is 4.74 Å². The van der Waals surface area contributed by atoms with Gasteiger partial charge in [0.1, 0.15) is 0 Å². The molecule has 27 heavy (non-hydrogen) atoms. The first-order valence-corrected chi connectivity index (χ1v) is 11.9. The van der Waals surface area contributed by atoms with E-state index < -0.39 is 7.05 Å². The fraction of sp³-hybridized carbons (Fsp3) is 0.280. The van der Waals surface area contributed by atoms with Gasteiger partial charge in [0.25, 0.3) is 0 Å². The summed E-state index contributed by atoms with van der Waals surface area (Å²) in [4.78, 5) is 0. The third-order valence-electron chi connectivity index (χ3n) is 5.55. The first-order chi connectivity index (χ1) is 13.4. The van der Waals surface area contributed by atoms with E-state index in [1.165, 1.54) is 54.4 Å². The van der Waals surface area contributed by atoms with E-state index >= 15 is 0 Å². The minimum Gasteiger partial charge on any atom is -0.286 e. The molecule has 138 valence electrons. The lowest BCUT2D eigenvalue weighted by molar-refractivity contribution is 0.591. The largest absolute Gasteiger partial charge is 0.286 e. The maximum atomic E-state index is 5.75. The van der Waals surface area contributed by atoms with Crippen LogP contribution in [-0.2, 0) is 0 Å². The third kappa shape index (κ3) is 3.94. The molecule has 1 saturated carbocycles. The second-order valence-electron chi connectivity index (χ2n) is 7.40. The van der Waals surface area contributed by atoms with Crippen LogP contribution in [0.4, 0.5) is 0 Å². The van der Waals surface area contributed by atoms with E-state index in [1.54, 1.807) is 0 Å². The molecule has 0 heterocycles. The first kappa shape index (κ1) is 18.3. The maximum absolute atomic E-state index is 5.75. The Hall–Kier alpha value is -2.11. The minimum absolute atomic E-state index is 0.460. The van der Waals surface area contributed by atoms with Gasteiger partial charge in [-0.05, 0) is 12.8 Å². The molecule has 0 N–H and O–H groups in total. The summed E-state index contributed by atoms with van der Waals surface area (Å²) >= 11 is 0. The van der Waals surface area contributed by atoms with Gasteiger partial charge in [-0.2, -0.15) is 0 Å². The summed E-state index contributed by atoms with van der Waals surface area (Å²) in [7, 11) is -2.02. The molecule has 3 aromatic carbocycles. The Labute approximate surface area is 163 Å². The highest BCUT2D eigenvalue weighted by Crippen LogP contribution is 2.48. The standard InChI is InChI=1S/C25H28NP/c1-2-7-15-22(14-6-1)26-27(23-16-8-3-9-17-23,24-18-10-4-11-19-24)25-20-12-5-13-21-25/h3-5,8-13,16-22H,1-2,6-7,14-15H2. The molecule has 0 amide bonds. The predicted molar refractivity (Wildman–Crippen MR) is 119 cm³/mol. The van der Waals surface area contributed by atoms with E-state index in [2.05, 4.69) is 91.0 Å². The Balaban J connectivity index is 2.00. The van der Waals surface area contributed by atoms with Gasteiger partial charge in [0.15, 0.2) is 0 Å². The van der Waals surface area contributed by atoms with Crippen LogP contribution in [0.25, 0.3) is 0 Å². The van der Waals surface area contributed by atoms with Crippen LogP contribution in [0, 0.1) is 0 Å². The van der Waals surface area contributed by atoms with Crippen LogP contribution in [0.3, 0.4) is 0 Å². The topological polar surface area (TPSA) is 12.4 Å². The molecule has 1 aliphatic carbocycles. The molecule has 0 bridgehead atoms. The lowest BCUT2D eigenvalue weighted by Gasteiger charge is -2.29. The smallest absolute Gasteiger partial charge is 0.0551 e. The van der Waals surface area contributed by atoms with Crippen molar-refractivity contribution in [2.75, 3.05) is 0 Å². The van der Waals surface area contributed by atoms with Crippen molar-refractivity contribution in [1.29, 1.82) is 0 Å². The summed E-state index contributed by atoms with van der Waals surface area (Å²) in [5, 5.41) is 4.10. The monoisotopic (exact) mass is 373 g/mol. The van der Waals surface area contributed by atoms with Gasteiger partial charge in [-0.25, -0.2) is 0 Å². The van der Waals surface area contributed by atoms with Gasteiger partial charge in [0, 0.05) is 22.0 Å². The van der Waals surface area contributed by atoms with Crippen molar-refractivity contribution in [1.82, 2.24) is 0 Å². The van der Waals surface area contributed by atoms with Gasteiger partial charge < -0.3 is 0 Å². The summed E-state index contributed by atoms with van der Waals surface area (Å²) in [6.45, 7) is 0. The highest BCUT2D eigenvalue weighted by atomic mass is 31.2. The van der Waals surface area contributed by atoms with E-state index in [-0.39, 0.29) is 0 Å². The van der Waals surface area contributed by atoms with Crippen molar-refractivity contribution in [2.45, 2.75) is 44.6 Å². The lowest BCUT2D eigenvalue weighted by Crippen LogP contribution is -2.26. The quantitative estimate of drug-likeness (QED) is 0.400. The summed E-state index contributed by atoms with van der Waals surface area (Å²) in [5.74, 6) is 0. The highest BCUT2D eigenvalue weighted by molar-refractivity contribution is 7.87. The van der Waals surface area contributed by atoms with Crippen molar-refractivity contribution in [3.63, 3.8) is 0 Å². The second-order valence-corrected chi connectivity index (χ2v) is 10.5. The Morgan fingerprint density at radius 3 is 1.26 bits per heavy atom. The summed E-state index contributed by atoms with van der Waals surface area (Å²) in [6, 6.07) is 33.5. The van der Waals surface area contributed by atoms with Crippen molar-refractivity contribution < 1.29 is 0 Å². The molecule has 4 rings (SSSR count). The van der Waals surface area contributed by atoms with Crippen LogP contribution in [0.2, 0.25) is 0 Å². The molecule has 0 atom stereocenters. The van der Waals surface area contributed by atoms with Gasteiger partial charge in [0.05, 0.1) is 7.05 Å². The van der Waals surface area contributed by atoms with E-state index in [9.17, 15) is 0 Å². The van der Waals surface area contributed by atoms with Gasteiger partial charge in [-0.3, -0.25) is 4.74 Å². The minimum atomic E-state index is -2.02. The number of hydrogen-bond acceptors (Lipinski definition) is 1. The summed E-state index contributed by atoms with van der Waals surface area (Å²) < 4.78 is 5.75. The molecule has 1 fully saturated rings. The predicted octanol–water partition coefficient (Wildman–Crippen LogP) is 5.89. The van der Waals surface area contributed by atoms with Crippen LogP contribution in [0.15, 0.2) is 95.7 Å². The molecule has 1 nitrogen and oxygen atoms in total. The number of benzene rings is 3. The van der Waals surface area contributed by atoms with E-state index in [1.807, 2.05) is 0 Å². The molecule has 1 aliphatic rings. The normalized spacial score (nSPS) is 15.9. The zero-order valence-electron chi connectivity index (χ0n) is 15.9. The zero-order valence-corrected chi connectivity index (χ0v) is 16.8. The summed E-state index contributed by atoms with van der Waals surface area (Å²) in [6.07, 6.45) is 7.81. The van der Waals surface area contributed by atoms with Crippen LogP contribution in [-0.4, -0.2) is 6.04 Å². The fourth-order valence-corrected chi connectivity index (χ4v) is 8.02. The van der Waals surface area contributed by atoms with Crippen molar-refractivity contribution >= 4 is 23.0 Å². The van der Waals surface area contributed by atoms with Gasteiger partial charge in [-0.15, -0.1) is 0 Å².